The molecule has 0 N–H and O–H groups in total. The molecule has 0 aromatic heterocycles. The molecule has 3 rings (SSSR count). The van der Waals surface area contributed by atoms with Crippen molar-refractivity contribution in [2.45, 2.75) is 45.7 Å². The smallest absolute Gasteiger partial charge is 0.0723 e. The molecule has 0 fully saturated rings. The van der Waals surface area contributed by atoms with Gasteiger partial charge in [0, 0.05) is 7.11 Å². The van der Waals surface area contributed by atoms with Gasteiger partial charge in [0.1, 0.15) is 0 Å². The Morgan fingerprint density at radius 2 is 0.917 bits per heavy atom. The average molecular weight is 367 g/mol. The van der Waals surface area contributed by atoms with E-state index in [0.29, 0.717) is 0 Å². The van der Waals surface area contributed by atoms with Gasteiger partial charge < -0.3 is 0 Å². The second-order valence-corrected chi connectivity index (χ2v) is 34.9. The van der Waals surface area contributed by atoms with Gasteiger partial charge in [-0.2, -0.15) is 0 Å². The Morgan fingerprint density at radius 3 is 1.21 bits per heavy atom. The van der Waals surface area contributed by atoms with Crippen LogP contribution in [0.3, 0.4) is 0 Å². The second-order valence-electron chi connectivity index (χ2n) is 8.42. The van der Waals surface area contributed by atoms with Crippen molar-refractivity contribution in [3.05, 3.63) is 71.8 Å². The van der Waals surface area contributed by atoms with E-state index in [2.05, 4.69) is 100 Å². The first-order valence-corrected chi connectivity index (χ1v) is 19.8. The first-order valence-electron chi connectivity index (χ1n) is 9.13. The van der Waals surface area contributed by atoms with Crippen LogP contribution in [0.25, 0.3) is 10.4 Å². The van der Waals surface area contributed by atoms with Gasteiger partial charge in [0.25, 0.3) is 0 Å². The molecule has 0 unspecified atom stereocenters. The molecule has 0 aliphatic carbocycles. The van der Waals surface area contributed by atoms with Gasteiger partial charge in [-0.1, -0.05) is 117 Å². The summed E-state index contributed by atoms with van der Waals surface area (Å²) in [6.07, 6.45) is 0. The van der Waals surface area contributed by atoms with Gasteiger partial charge in [-0.15, -0.1) is 0 Å². The van der Waals surface area contributed by atoms with Crippen molar-refractivity contribution in [3.63, 3.8) is 0 Å². The van der Waals surface area contributed by atoms with Crippen LogP contribution >= 0.6 is 0 Å². The largest absolute Gasteiger partial charge is 0.0726 e. The van der Waals surface area contributed by atoms with Crippen LogP contribution in [0.5, 0.6) is 0 Å². The molecule has 3 heteroatoms. The maximum atomic E-state index is 2.74. The Balaban J connectivity index is 2.39. The Hall–Kier alpha value is -1.17. The predicted molar refractivity (Wildman–Crippen MR) is 117 cm³/mol. The molecule has 24 heavy (non-hydrogen) atoms. The molecule has 126 valence electrons. The van der Waals surface area contributed by atoms with E-state index in [1.807, 2.05) is 0 Å². The van der Waals surface area contributed by atoms with E-state index in [1.54, 1.807) is 10.4 Å². The molecular weight excluding hydrogens is 336 g/mol. The van der Waals surface area contributed by atoms with E-state index in [0.717, 1.165) is 0 Å². The molecule has 0 radical (unpaired) electrons. The van der Waals surface area contributed by atoms with Crippen LogP contribution < -0.4 is 0 Å². The first-order chi connectivity index (χ1) is 11.3. The fourth-order valence-corrected chi connectivity index (χ4v) is 46.7. The number of hydrogen-bond donors (Lipinski definition) is 0. The minimum Gasteiger partial charge on any atom is -0.0723 e. The van der Waals surface area contributed by atoms with Crippen molar-refractivity contribution in [1.29, 1.82) is 0 Å². The summed E-state index contributed by atoms with van der Waals surface area (Å²) in [6, 6.07) is 24.0. The molecule has 0 atom stereocenters. The summed E-state index contributed by atoms with van der Waals surface area (Å²) in [4.78, 5) is 0. The molecular formula is C21H30Si3. The Morgan fingerprint density at radius 1 is 0.583 bits per heavy atom. The number of hydrogen-bond acceptors (Lipinski definition) is 0. The molecule has 1 heterocycles. The van der Waals surface area contributed by atoms with E-state index in [9.17, 15) is 0 Å². The molecule has 0 saturated carbocycles. The zero-order valence-corrected chi connectivity index (χ0v) is 19.0. The van der Waals surface area contributed by atoms with Crippen LogP contribution in [-0.4, -0.2) is 22.3 Å². The maximum Gasteiger partial charge on any atom is 0.0726 e. The van der Waals surface area contributed by atoms with E-state index >= 15 is 0 Å². The highest BCUT2D eigenvalue weighted by Crippen LogP contribution is 2.54. The number of rotatable bonds is 3. The van der Waals surface area contributed by atoms with Gasteiger partial charge in [-0.3, -0.25) is 0 Å². The molecule has 0 spiro atoms. The molecule has 2 aromatic carbocycles. The zero-order valence-electron chi connectivity index (χ0n) is 16.0. The van der Waals surface area contributed by atoms with Crippen LogP contribution in [0.4, 0.5) is 0 Å². The quantitative estimate of drug-likeness (QED) is 0.554. The molecule has 1 aliphatic heterocycles. The zero-order chi connectivity index (χ0) is 17.6. The van der Waals surface area contributed by atoms with Gasteiger partial charge in [-0.05, 0) is 11.1 Å². The molecule has 0 bridgehead atoms. The lowest BCUT2D eigenvalue weighted by Crippen LogP contribution is -2.67. The lowest BCUT2D eigenvalue weighted by Gasteiger charge is -2.44. The maximum absolute atomic E-state index is 2.74. The summed E-state index contributed by atoms with van der Waals surface area (Å²) in [5, 5.41) is 3.56. The van der Waals surface area contributed by atoms with Crippen molar-refractivity contribution in [1.82, 2.24) is 0 Å². The molecule has 0 amide bonds. The van der Waals surface area contributed by atoms with Gasteiger partial charge in [0.2, 0.25) is 0 Å². The summed E-state index contributed by atoms with van der Waals surface area (Å²) in [6.45, 7) is 15.9. The summed E-state index contributed by atoms with van der Waals surface area (Å²) in [5.41, 5.74) is 3.00. The van der Waals surface area contributed by atoms with Gasteiger partial charge in [-0.25, -0.2) is 0 Å². The minimum absolute atomic E-state index is 1.30. The van der Waals surface area contributed by atoms with Gasteiger partial charge >= 0.3 is 0 Å². The summed E-state index contributed by atoms with van der Waals surface area (Å²) in [5.74, 6) is 0. The van der Waals surface area contributed by atoms with Crippen molar-refractivity contribution in [3.8, 4) is 0 Å². The van der Waals surface area contributed by atoms with E-state index in [1.165, 1.54) is 17.2 Å². The second kappa shape index (κ2) is 5.97. The van der Waals surface area contributed by atoms with Crippen LogP contribution in [-0.2, 0) is 0 Å². The molecule has 0 saturated heterocycles. The molecule has 0 nitrogen and oxygen atoms in total. The van der Waals surface area contributed by atoms with Crippen molar-refractivity contribution in [2.75, 3.05) is 0 Å². The van der Waals surface area contributed by atoms with Crippen molar-refractivity contribution < 1.29 is 0 Å². The molecule has 2 aromatic rings. The Labute approximate surface area is 150 Å². The van der Waals surface area contributed by atoms with Crippen molar-refractivity contribution in [2.24, 2.45) is 0 Å². The monoisotopic (exact) mass is 366 g/mol. The van der Waals surface area contributed by atoms with Gasteiger partial charge in [0.05, 0.1) is 15.2 Å². The minimum atomic E-state index is -1.47. The normalized spacial score (nSPS) is 21.1. The Bertz CT molecular complexity index is 697. The summed E-state index contributed by atoms with van der Waals surface area (Å²) in [7, 11) is -4.23. The van der Waals surface area contributed by atoms with E-state index in [-0.39, 0.29) is 0 Å². The SMILES string of the molecule is CC[Si]1(C)[Si](C)(C)C(c2ccccc2)=C(c2ccccc2)[Si]1(C)C. The Kier molecular flexibility index (Phi) is 4.39. The number of benzene rings is 2. The highest BCUT2D eigenvalue weighted by molar-refractivity contribution is 7.78. The van der Waals surface area contributed by atoms with Crippen LogP contribution in [0.15, 0.2) is 60.7 Å². The third-order valence-electron chi connectivity index (χ3n) is 7.09. The summed E-state index contributed by atoms with van der Waals surface area (Å²) < 4.78 is 0. The van der Waals surface area contributed by atoms with E-state index < -0.39 is 22.3 Å². The topological polar surface area (TPSA) is 0 Å². The average Bonchev–Trinajstić information content (AvgIpc) is 2.71. The summed E-state index contributed by atoms with van der Waals surface area (Å²) >= 11 is 0. The predicted octanol–water partition coefficient (Wildman–Crippen LogP) is 6.36. The van der Waals surface area contributed by atoms with E-state index in [4.69, 9.17) is 0 Å². The third-order valence-corrected chi connectivity index (χ3v) is 49.3. The van der Waals surface area contributed by atoms with Crippen LogP contribution in [0.1, 0.15) is 18.1 Å². The standard InChI is InChI=1S/C21H30Si3/c1-7-24(6)22(2,3)20(18-14-10-8-11-15-18)21(23(24,4)5)19-16-12-9-13-17-19/h8-17H,7H2,1-6H3. The fraction of sp³-hybridized carbons (Fsp3) is 0.333. The van der Waals surface area contributed by atoms with Crippen molar-refractivity contribution >= 4 is 32.7 Å². The van der Waals surface area contributed by atoms with Crippen LogP contribution in [0, 0.1) is 0 Å². The third kappa shape index (κ3) is 2.29. The van der Waals surface area contributed by atoms with Crippen LogP contribution in [0.2, 0.25) is 38.8 Å². The van der Waals surface area contributed by atoms with Gasteiger partial charge in [0.15, 0.2) is 0 Å². The molecule has 1 aliphatic rings. The highest BCUT2D eigenvalue weighted by atomic mass is 29.6. The lowest BCUT2D eigenvalue weighted by atomic mass is 10.1. The lowest BCUT2D eigenvalue weighted by molar-refractivity contribution is 1.41. The highest BCUT2D eigenvalue weighted by Gasteiger charge is 2.63. The fourth-order valence-electron chi connectivity index (χ4n) is 5.06. The first kappa shape index (κ1) is 17.6.